The van der Waals surface area contributed by atoms with Crippen LogP contribution in [0.3, 0.4) is 0 Å². The lowest BCUT2D eigenvalue weighted by molar-refractivity contribution is 0.268. The summed E-state index contributed by atoms with van der Waals surface area (Å²) in [7, 11) is 0. The van der Waals surface area contributed by atoms with Crippen LogP contribution in [0.15, 0.2) is 0 Å². The van der Waals surface area contributed by atoms with Crippen LogP contribution < -0.4 is 5.73 Å². The number of nitrogens with two attached hydrogens (primary N) is 1. The molecule has 0 aromatic rings. The summed E-state index contributed by atoms with van der Waals surface area (Å²) in [5.74, 6) is 0. The number of hydrogen-bond acceptors (Lipinski definition) is 1. The number of amides is 1. The van der Waals surface area contributed by atoms with Crippen molar-refractivity contribution in [3.63, 3.8) is 0 Å². The molecule has 0 fully saturated rings. The SMILES string of the molecule is NC(=O)Br.[MgH2]. The highest BCUT2D eigenvalue weighted by Crippen LogP contribution is 1.69. The molecule has 0 saturated heterocycles. The van der Waals surface area contributed by atoms with Gasteiger partial charge in [-0.2, -0.15) is 0 Å². The molecular formula is CH4BrMgNO. The summed E-state index contributed by atoms with van der Waals surface area (Å²) in [6.45, 7) is 0. The molecule has 0 aliphatic rings. The van der Waals surface area contributed by atoms with Gasteiger partial charge in [-0.3, -0.25) is 4.79 Å². The van der Waals surface area contributed by atoms with Crippen LogP contribution in [-0.2, 0) is 0 Å². The molecule has 0 aliphatic heterocycles. The standard InChI is InChI=1S/CH2BrNO.Mg.2H/c2-1(3)4;;;/h(H2,3,4);;;. The van der Waals surface area contributed by atoms with Gasteiger partial charge >= 0.3 is 23.1 Å². The molecule has 28 valence electrons. The van der Waals surface area contributed by atoms with Crippen LogP contribution in [-0.4, -0.2) is 27.9 Å². The summed E-state index contributed by atoms with van der Waals surface area (Å²) in [6.07, 6.45) is 0. The Morgan fingerprint density at radius 2 is 1.80 bits per heavy atom. The zero-order valence-electron chi connectivity index (χ0n) is 1.86. The van der Waals surface area contributed by atoms with Crippen molar-refractivity contribution in [1.82, 2.24) is 0 Å². The minimum absolute atomic E-state index is 0. The first-order valence-electron chi connectivity index (χ1n) is 0.682. The molecule has 0 aromatic heterocycles. The molecule has 0 aliphatic carbocycles. The lowest BCUT2D eigenvalue weighted by Crippen LogP contribution is -1.93. The van der Waals surface area contributed by atoms with E-state index in [-0.39, 0.29) is 23.1 Å². The normalized spacial score (nSPS) is 5.00. The molecule has 2 N–H and O–H groups in total. The number of hydrogen-bond donors (Lipinski definition) is 1. The molecule has 2 nitrogen and oxygen atoms in total. The highest BCUT2D eigenvalue weighted by molar-refractivity contribution is 9.18. The molecule has 0 bridgehead atoms. The van der Waals surface area contributed by atoms with Gasteiger partial charge in [0.15, 0.2) is 0 Å². The fourth-order valence-electron chi connectivity index (χ4n) is 0. The summed E-state index contributed by atoms with van der Waals surface area (Å²) in [5, 5.41) is 0. The van der Waals surface area contributed by atoms with E-state index in [4.69, 9.17) is 4.79 Å². The molecule has 0 heterocycles. The van der Waals surface area contributed by atoms with Crippen LogP contribution in [0.1, 0.15) is 0 Å². The Kier molecular flexibility index (Phi) is 8.68. The molecule has 0 saturated carbocycles. The maximum atomic E-state index is 9.14. The van der Waals surface area contributed by atoms with Gasteiger partial charge in [0.25, 0.3) is 4.82 Å². The first kappa shape index (κ1) is 9.21. The zero-order valence-corrected chi connectivity index (χ0v) is 3.45. The topological polar surface area (TPSA) is 43.1 Å². The van der Waals surface area contributed by atoms with Gasteiger partial charge < -0.3 is 5.73 Å². The second kappa shape index (κ2) is 4.72. The Balaban J connectivity index is 0. The van der Waals surface area contributed by atoms with E-state index in [2.05, 4.69) is 21.7 Å². The molecule has 0 atom stereocenters. The molecule has 0 aromatic carbocycles. The van der Waals surface area contributed by atoms with Gasteiger partial charge in [0.05, 0.1) is 0 Å². The van der Waals surface area contributed by atoms with Crippen molar-refractivity contribution in [2.45, 2.75) is 0 Å². The average Bonchev–Trinajstić information content (AvgIpc) is 0.811. The van der Waals surface area contributed by atoms with Gasteiger partial charge in [-0.1, -0.05) is 0 Å². The summed E-state index contributed by atoms with van der Waals surface area (Å²) in [6, 6.07) is 0. The smallest absolute Gasteiger partial charge is 0.316 e. The van der Waals surface area contributed by atoms with E-state index in [1.54, 1.807) is 0 Å². The van der Waals surface area contributed by atoms with Crippen molar-refractivity contribution in [3.8, 4) is 0 Å². The van der Waals surface area contributed by atoms with Crippen molar-refractivity contribution >= 4 is 43.8 Å². The number of carbonyl (C=O) groups excluding carboxylic acids is 1. The Morgan fingerprint density at radius 3 is 1.80 bits per heavy atom. The number of carbonyl (C=O) groups is 1. The molecule has 1 amide bonds. The van der Waals surface area contributed by atoms with Crippen molar-refractivity contribution < 1.29 is 4.79 Å². The molecule has 0 radical (unpaired) electrons. The van der Waals surface area contributed by atoms with Gasteiger partial charge in [-0.05, 0) is 0 Å². The third-order valence-electron chi connectivity index (χ3n) is 0. The van der Waals surface area contributed by atoms with Crippen LogP contribution in [0.5, 0.6) is 0 Å². The lowest BCUT2D eigenvalue weighted by atomic mass is 11.5. The van der Waals surface area contributed by atoms with E-state index in [1.165, 1.54) is 0 Å². The molecule has 0 unspecified atom stereocenters. The van der Waals surface area contributed by atoms with Crippen LogP contribution in [0.2, 0.25) is 0 Å². The van der Waals surface area contributed by atoms with Gasteiger partial charge in [0.1, 0.15) is 0 Å². The van der Waals surface area contributed by atoms with Crippen LogP contribution >= 0.6 is 15.9 Å². The second-order valence-corrected chi connectivity index (χ2v) is 1.09. The fraction of sp³-hybridized carbons (Fsp3) is 0. The minimum Gasteiger partial charge on any atom is -0.360 e. The highest BCUT2D eigenvalue weighted by atomic mass is 79.9. The third-order valence-corrected chi connectivity index (χ3v) is 0. The monoisotopic (exact) mass is 149 g/mol. The second-order valence-electron chi connectivity index (χ2n) is 0.304. The number of primary amides is 1. The van der Waals surface area contributed by atoms with E-state index in [1.807, 2.05) is 0 Å². The van der Waals surface area contributed by atoms with Crippen LogP contribution in [0.25, 0.3) is 0 Å². The lowest BCUT2D eigenvalue weighted by Gasteiger charge is -1.56. The summed E-state index contributed by atoms with van der Waals surface area (Å²) in [5.41, 5.74) is 4.39. The van der Waals surface area contributed by atoms with Crippen molar-refractivity contribution in [1.29, 1.82) is 0 Å². The first-order chi connectivity index (χ1) is 1.73. The van der Waals surface area contributed by atoms with E-state index < -0.39 is 4.82 Å². The molecule has 0 rings (SSSR count). The van der Waals surface area contributed by atoms with Gasteiger partial charge in [0, 0.05) is 15.9 Å². The quantitative estimate of drug-likeness (QED) is 0.283. The highest BCUT2D eigenvalue weighted by Gasteiger charge is 1.65. The van der Waals surface area contributed by atoms with E-state index in [0.717, 1.165) is 0 Å². The first-order valence-corrected chi connectivity index (χ1v) is 1.47. The van der Waals surface area contributed by atoms with Gasteiger partial charge in [0.2, 0.25) is 0 Å². The molecular weight excluding hydrogens is 146 g/mol. The summed E-state index contributed by atoms with van der Waals surface area (Å²) < 4.78 is 0. The van der Waals surface area contributed by atoms with Crippen LogP contribution in [0, 0.1) is 0 Å². The van der Waals surface area contributed by atoms with E-state index in [0.29, 0.717) is 0 Å². The predicted molar refractivity (Wildman–Crippen MR) is 27.1 cm³/mol. The fourth-order valence-corrected chi connectivity index (χ4v) is 0. The summed E-state index contributed by atoms with van der Waals surface area (Å²) in [4.78, 5) is 8.62. The minimum atomic E-state index is -0.521. The van der Waals surface area contributed by atoms with Crippen molar-refractivity contribution in [2.75, 3.05) is 0 Å². The predicted octanol–water partition coefficient (Wildman–Crippen LogP) is -0.456. The van der Waals surface area contributed by atoms with Gasteiger partial charge in [-0.25, -0.2) is 0 Å². The van der Waals surface area contributed by atoms with Gasteiger partial charge in [-0.15, -0.1) is 0 Å². The summed E-state index contributed by atoms with van der Waals surface area (Å²) >= 11 is 2.41. The largest absolute Gasteiger partial charge is 0.360 e. The Bertz CT molecular complexity index is 34.6. The Hall–Kier alpha value is 0.716. The molecule has 0 spiro atoms. The van der Waals surface area contributed by atoms with E-state index >= 15 is 0 Å². The number of halogens is 1. The Labute approximate surface area is 54.4 Å². The third kappa shape index (κ3) is 67.8. The maximum absolute atomic E-state index is 9.14. The Morgan fingerprint density at radius 1 is 1.80 bits per heavy atom. The molecule has 5 heavy (non-hydrogen) atoms. The van der Waals surface area contributed by atoms with Crippen LogP contribution in [0.4, 0.5) is 4.79 Å². The van der Waals surface area contributed by atoms with Crippen molar-refractivity contribution in [3.05, 3.63) is 0 Å². The average molecular weight is 150 g/mol. The van der Waals surface area contributed by atoms with Crippen molar-refractivity contribution in [2.24, 2.45) is 5.73 Å². The zero-order chi connectivity index (χ0) is 3.58. The number of rotatable bonds is 0. The maximum Gasteiger partial charge on any atom is 0.316 e. The van der Waals surface area contributed by atoms with E-state index in [9.17, 15) is 0 Å². The molecule has 4 heteroatoms.